The molecule has 0 amide bonds. The van der Waals surface area contributed by atoms with Gasteiger partial charge in [-0.05, 0) is 31.2 Å². The summed E-state index contributed by atoms with van der Waals surface area (Å²) < 4.78 is 3.66. The lowest BCUT2D eigenvalue weighted by Crippen LogP contribution is -1.97. The second-order valence-electron chi connectivity index (χ2n) is 5.52. The molecule has 25 heavy (non-hydrogen) atoms. The highest BCUT2D eigenvalue weighted by Crippen LogP contribution is 2.21. The molecular weight excluding hydrogens is 318 g/mol. The summed E-state index contributed by atoms with van der Waals surface area (Å²) >= 11 is 0. The molecule has 0 unspecified atom stereocenters. The monoisotopic (exact) mass is 335 g/mol. The van der Waals surface area contributed by atoms with Crippen LogP contribution in [0.1, 0.15) is 12.6 Å². The number of hydrogen-bond donors (Lipinski definition) is 2. The van der Waals surface area contributed by atoms with E-state index in [9.17, 15) is 5.11 Å². The van der Waals surface area contributed by atoms with Crippen molar-refractivity contribution in [2.45, 2.75) is 20.1 Å². The number of rotatable bonds is 5. The molecule has 126 valence electrons. The van der Waals surface area contributed by atoms with Gasteiger partial charge in [0.2, 0.25) is 5.95 Å². The summed E-state index contributed by atoms with van der Waals surface area (Å²) in [7, 11) is 0. The van der Waals surface area contributed by atoms with Crippen LogP contribution in [0.2, 0.25) is 0 Å². The first-order valence-electron chi connectivity index (χ1n) is 7.98. The number of anilines is 2. The molecule has 0 saturated heterocycles. The van der Waals surface area contributed by atoms with Gasteiger partial charge in [0.1, 0.15) is 0 Å². The molecule has 0 bridgehead atoms. The van der Waals surface area contributed by atoms with Gasteiger partial charge in [-0.25, -0.2) is 4.52 Å². The van der Waals surface area contributed by atoms with E-state index in [2.05, 4.69) is 25.5 Å². The second-order valence-corrected chi connectivity index (χ2v) is 5.52. The Morgan fingerprint density at radius 2 is 2.16 bits per heavy atom. The van der Waals surface area contributed by atoms with Crippen LogP contribution in [0.4, 0.5) is 11.6 Å². The number of hydrogen-bond acceptors (Lipinski definition) is 6. The lowest BCUT2D eigenvalue weighted by molar-refractivity contribution is 0.277. The van der Waals surface area contributed by atoms with Gasteiger partial charge in [0.25, 0.3) is 0 Å². The van der Waals surface area contributed by atoms with Crippen molar-refractivity contribution in [2.24, 2.45) is 0 Å². The zero-order valence-electron chi connectivity index (χ0n) is 13.7. The zero-order valence-corrected chi connectivity index (χ0v) is 13.7. The highest BCUT2D eigenvalue weighted by Gasteiger charge is 2.10. The molecule has 0 aliphatic rings. The lowest BCUT2D eigenvalue weighted by Gasteiger charge is -2.02. The van der Waals surface area contributed by atoms with E-state index >= 15 is 0 Å². The standard InChI is InChI=1S/C17H17N7O/c1-2-23-10-12(9-19-23)15-4-3-5-16-21-17(22-24(15)16)20-13-6-7-18-14(8-13)11-25/h3-10,25H,2,11H2,1H3,(H,18,20,22). The number of aromatic nitrogens is 6. The first-order chi connectivity index (χ1) is 12.3. The van der Waals surface area contributed by atoms with Crippen molar-refractivity contribution in [3.05, 3.63) is 54.6 Å². The number of aliphatic hydroxyl groups excluding tert-OH is 1. The van der Waals surface area contributed by atoms with E-state index in [1.807, 2.05) is 42.2 Å². The first kappa shape index (κ1) is 15.3. The van der Waals surface area contributed by atoms with Crippen LogP contribution in [0.25, 0.3) is 16.9 Å². The Kier molecular flexibility index (Phi) is 3.87. The maximum absolute atomic E-state index is 9.19. The van der Waals surface area contributed by atoms with Crippen LogP contribution in [-0.2, 0) is 13.2 Å². The summed E-state index contributed by atoms with van der Waals surface area (Å²) in [5.74, 6) is 0.477. The molecule has 0 radical (unpaired) electrons. The average molecular weight is 335 g/mol. The van der Waals surface area contributed by atoms with E-state index in [1.165, 1.54) is 0 Å². The summed E-state index contributed by atoms with van der Waals surface area (Å²) in [4.78, 5) is 8.57. The molecule has 0 atom stereocenters. The minimum Gasteiger partial charge on any atom is -0.390 e. The summed E-state index contributed by atoms with van der Waals surface area (Å²) in [5.41, 5.74) is 4.00. The van der Waals surface area contributed by atoms with Crippen LogP contribution < -0.4 is 5.32 Å². The molecule has 0 fully saturated rings. The summed E-state index contributed by atoms with van der Waals surface area (Å²) in [6.07, 6.45) is 5.44. The van der Waals surface area contributed by atoms with Crippen molar-refractivity contribution in [3.63, 3.8) is 0 Å². The van der Waals surface area contributed by atoms with Gasteiger partial charge < -0.3 is 10.4 Å². The molecule has 2 N–H and O–H groups in total. The fourth-order valence-electron chi connectivity index (χ4n) is 2.62. The third-order valence-electron chi connectivity index (χ3n) is 3.85. The molecule has 0 aliphatic heterocycles. The van der Waals surface area contributed by atoms with E-state index in [1.54, 1.807) is 22.8 Å². The fourth-order valence-corrected chi connectivity index (χ4v) is 2.62. The van der Waals surface area contributed by atoms with Crippen LogP contribution in [0, 0.1) is 0 Å². The van der Waals surface area contributed by atoms with Crippen molar-refractivity contribution in [1.29, 1.82) is 0 Å². The lowest BCUT2D eigenvalue weighted by atomic mass is 10.2. The first-order valence-corrected chi connectivity index (χ1v) is 7.98. The predicted molar refractivity (Wildman–Crippen MR) is 93.3 cm³/mol. The number of aliphatic hydroxyl groups is 1. The van der Waals surface area contributed by atoms with Crippen molar-refractivity contribution in [1.82, 2.24) is 29.4 Å². The van der Waals surface area contributed by atoms with Gasteiger partial charge in [-0.1, -0.05) is 6.07 Å². The van der Waals surface area contributed by atoms with Crippen LogP contribution >= 0.6 is 0 Å². The zero-order chi connectivity index (χ0) is 17.2. The van der Waals surface area contributed by atoms with Crippen LogP contribution in [0.3, 0.4) is 0 Å². The highest BCUT2D eigenvalue weighted by atomic mass is 16.3. The maximum Gasteiger partial charge on any atom is 0.247 e. The van der Waals surface area contributed by atoms with Crippen molar-refractivity contribution in [3.8, 4) is 11.3 Å². The molecule has 8 nitrogen and oxygen atoms in total. The Balaban J connectivity index is 1.71. The van der Waals surface area contributed by atoms with Gasteiger partial charge in [-0.15, -0.1) is 5.10 Å². The highest BCUT2D eigenvalue weighted by molar-refractivity contribution is 5.63. The van der Waals surface area contributed by atoms with Crippen LogP contribution in [-0.4, -0.2) is 34.5 Å². The third kappa shape index (κ3) is 2.94. The number of nitrogens with zero attached hydrogens (tertiary/aromatic N) is 6. The van der Waals surface area contributed by atoms with Gasteiger partial charge >= 0.3 is 0 Å². The molecule has 4 aromatic rings. The molecule has 4 rings (SSSR count). The number of nitrogens with one attached hydrogen (secondary N) is 1. The molecule has 0 spiro atoms. The van der Waals surface area contributed by atoms with Crippen LogP contribution in [0.5, 0.6) is 0 Å². The summed E-state index contributed by atoms with van der Waals surface area (Å²) in [6.45, 7) is 2.75. The number of fused-ring (bicyclic) bond motifs is 1. The normalized spacial score (nSPS) is 11.1. The van der Waals surface area contributed by atoms with E-state index in [0.717, 1.165) is 29.1 Å². The molecule has 4 aromatic heterocycles. The number of aryl methyl sites for hydroxylation is 1. The Morgan fingerprint density at radius 3 is 2.96 bits per heavy atom. The minimum atomic E-state index is -0.111. The molecule has 4 heterocycles. The van der Waals surface area contributed by atoms with Crippen LogP contribution in [0.15, 0.2) is 48.9 Å². The van der Waals surface area contributed by atoms with Gasteiger partial charge in [-0.2, -0.15) is 10.1 Å². The Labute approximate surface area is 143 Å². The smallest absolute Gasteiger partial charge is 0.247 e. The topological polar surface area (TPSA) is 93.2 Å². The largest absolute Gasteiger partial charge is 0.390 e. The van der Waals surface area contributed by atoms with E-state index < -0.39 is 0 Å². The Hall–Kier alpha value is -3.26. The minimum absolute atomic E-state index is 0.111. The van der Waals surface area contributed by atoms with Gasteiger partial charge in [-0.3, -0.25) is 9.67 Å². The Morgan fingerprint density at radius 1 is 1.24 bits per heavy atom. The Bertz CT molecular complexity index is 1020. The second kappa shape index (κ2) is 6.33. The van der Waals surface area contributed by atoms with E-state index in [4.69, 9.17) is 0 Å². The van der Waals surface area contributed by atoms with Crippen molar-refractivity contribution in [2.75, 3.05) is 5.32 Å². The summed E-state index contributed by atoms with van der Waals surface area (Å²) in [6, 6.07) is 9.40. The molecular formula is C17H17N7O. The van der Waals surface area contributed by atoms with Crippen molar-refractivity contribution < 1.29 is 5.11 Å². The van der Waals surface area contributed by atoms with E-state index in [0.29, 0.717) is 11.6 Å². The van der Waals surface area contributed by atoms with E-state index in [-0.39, 0.29) is 6.61 Å². The molecule has 0 aromatic carbocycles. The summed E-state index contributed by atoms with van der Waals surface area (Å²) in [5, 5.41) is 21.2. The third-order valence-corrected chi connectivity index (χ3v) is 3.85. The molecule has 0 aliphatic carbocycles. The van der Waals surface area contributed by atoms with Gasteiger partial charge in [0.15, 0.2) is 5.65 Å². The predicted octanol–water partition coefficient (Wildman–Crippen LogP) is 2.24. The molecule has 8 heteroatoms. The fraction of sp³-hybridized carbons (Fsp3) is 0.176. The number of pyridine rings is 2. The molecule has 0 saturated carbocycles. The maximum atomic E-state index is 9.19. The average Bonchev–Trinajstić information content (AvgIpc) is 3.27. The van der Waals surface area contributed by atoms with Crippen molar-refractivity contribution >= 4 is 17.3 Å². The quantitative estimate of drug-likeness (QED) is 0.581. The van der Waals surface area contributed by atoms with Gasteiger partial charge in [0.05, 0.1) is 24.2 Å². The van der Waals surface area contributed by atoms with Gasteiger partial charge in [0, 0.05) is 30.2 Å². The SMILES string of the molecule is CCn1cc(-c2cccc3nc(Nc4ccnc(CO)c4)nn23)cn1.